The third kappa shape index (κ3) is 3.54. The van der Waals surface area contributed by atoms with Crippen LogP contribution >= 0.6 is 37.2 Å². The predicted molar refractivity (Wildman–Crippen MR) is 72.2 cm³/mol. The van der Waals surface area contributed by atoms with Gasteiger partial charge >= 0.3 is 0 Å². The third-order valence-corrected chi connectivity index (χ3v) is 2.01. The highest BCUT2D eigenvalue weighted by molar-refractivity contribution is 5.86. The standard InChI is InChI=1S/C9H10N2.3ClH.H3N/c1-7-10-8-5-3-4-6-9(8)11(7)2;;;;/h3-6H,1-2H3;3*1H;1H3. The highest BCUT2D eigenvalue weighted by Crippen LogP contribution is 2.12. The van der Waals surface area contributed by atoms with Crippen molar-refractivity contribution in [2.75, 3.05) is 0 Å². The van der Waals surface area contributed by atoms with Crippen molar-refractivity contribution in [2.45, 2.75) is 6.92 Å². The van der Waals surface area contributed by atoms with Gasteiger partial charge in [0.2, 0.25) is 0 Å². The van der Waals surface area contributed by atoms with E-state index in [4.69, 9.17) is 0 Å². The number of imidazole rings is 1. The highest BCUT2D eigenvalue weighted by atomic mass is 35.5. The molecule has 0 spiro atoms. The maximum absolute atomic E-state index is 4.38. The number of hydrogen-bond donors (Lipinski definition) is 1. The summed E-state index contributed by atoms with van der Waals surface area (Å²) in [6, 6.07) is 8.15. The van der Waals surface area contributed by atoms with E-state index >= 15 is 0 Å². The van der Waals surface area contributed by atoms with Crippen molar-refractivity contribution in [1.29, 1.82) is 0 Å². The molecular formula is C9H16Cl3N3. The smallest absolute Gasteiger partial charge is 0.106 e. The first-order chi connectivity index (χ1) is 5.29. The van der Waals surface area contributed by atoms with Gasteiger partial charge in [0.15, 0.2) is 0 Å². The minimum atomic E-state index is 0. The van der Waals surface area contributed by atoms with Crippen molar-refractivity contribution in [3.63, 3.8) is 0 Å². The van der Waals surface area contributed by atoms with Crippen LogP contribution in [0.3, 0.4) is 0 Å². The first-order valence-electron chi connectivity index (χ1n) is 3.67. The monoisotopic (exact) mass is 271 g/mol. The van der Waals surface area contributed by atoms with Gasteiger partial charge in [0.25, 0.3) is 0 Å². The number of nitrogens with zero attached hydrogens (tertiary/aromatic N) is 2. The van der Waals surface area contributed by atoms with Gasteiger partial charge in [-0.1, -0.05) is 12.1 Å². The molecule has 0 saturated heterocycles. The Kier molecular flexibility index (Phi) is 10.4. The first-order valence-corrected chi connectivity index (χ1v) is 3.67. The number of rotatable bonds is 0. The number of para-hydroxylation sites is 2. The van der Waals surface area contributed by atoms with Crippen molar-refractivity contribution >= 4 is 48.3 Å². The summed E-state index contributed by atoms with van der Waals surface area (Å²) in [5.74, 6) is 1.06. The second-order valence-corrected chi connectivity index (χ2v) is 2.71. The summed E-state index contributed by atoms with van der Waals surface area (Å²) in [6.07, 6.45) is 0. The van der Waals surface area contributed by atoms with Crippen LogP contribution < -0.4 is 6.15 Å². The molecule has 6 heteroatoms. The van der Waals surface area contributed by atoms with Gasteiger partial charge in [-0.3, -0.25) is 0 Å². The molecule has 0 radical (unpaired) electrons. The normalized spacial score (nSPS) is 7.87. The predicted octanol–water partition coefficient (Wildman–Crippen LogP) is 3.31. The van der Waals surface area contributed by atoms with E-state index in [1.165, 1.54) is 5.52 Å². The van der Waals surface area contributed by atoms with Gasteiger partial charge in [0, 0.05) is 7.05 Å². The molecule has 0 fully saturated rings. The lowest BCUT2D eigenvalue weighted by atomic mass is 10.3. The SMILES string of the molecule is Cc1nc2ccccc2n1C.Cl.Cl.Cl.N. The largest absolute Gasteiger partial charge is 0.344 e. The van der Waals surface area contributed by atoms with E-state index in [0.29, 0.717) is 0 Å². The molecule has 2 aromatic rings. The van der Waals surface area contributed by atoms with E-state index in [-0.39, 0.29) is 43.4 Å². The second kappa shape index (κ2) is 7.77. The van der Waals surface area contributed by atoms with Crippen molar-refractivity contribution in [3.05, 3.63) is 30.1 Å². The zero-order valence-electron chi connectivity index (χ0n) is 8.64. The van der Waals surface area contributed by atoms with Crippen LogP contribution in [0.2, 0.25) is 0 Å². The van der Waals surface area contributed by atoms with Crippen LogP contribution in [0.4, 0.5) is 0 Å². The fourth-order valence-electron chi connectivity index (χ4n) is 1.27. The Bertz CT molecular complexity index is 400. The summed E-state index contributed by atoms with van der Waals surface area (Å²) in [5.41, 5.74) is 2.28. The Morgan fingerprint density at radius 3 is 2.13 bits per heavy atom. The first kappa shape index (κ1) is 20.0. The van der Waals surface area contributed by atoms with Crippen molar-refractivity contribution in [1.82, 2.24) is 15.7 Å². The molecule has 0 aliphatic heterocycles. The van der Waals surface area contributed by atoms with Gasteiger partial charge in [0.1, 0.15) is 5.82 Å². The molecule has 1 heterocycles. The number of halogens is 3. The van der Waals surface area contributed by atoms with Gasteiger partial charge < -0.3 is 10.7 Å². The zero-order chi connectivity index (χ0) is 7.84. The molecular weight excluding hydrogens is 256 g/mol. The lowest BCUT2D eigenvalue weighted by molar-refractivity contribution is 0.886. The van der Waals surface area contributed by atoms with E-state index in [1.807, 2.05) is 32.2 Å². The molecule has 88 valence electrons. The van der Waals surface area contributed by atoms with Gasteiger partial charge in [-0.05, 0) is 19.1 Å². The lowest BCUT2D eigenvalue weighted by Crippen LogP contribution is -1.89. The van der Waals surface area contributed by atoms with E-state index in [1.54, 1.807) is 0 Å². The minimum absolute atomic E-state index is 0. The molecule has 1 aromatic heterocycles. The maximum atomic E-state index is 4.38. The molecule has 1 aromatic carbocycles. The quantitative estimate of drug-likeness (QED) is 0.800. The highest BCUT2D eigenvalue weighted by Gasteiger charge is 2.00. The number of aromatic nitrogens is 2. The van der Waals surface area contributed by atoms with E-state index < -0.39 is 0 Å². The maximum Gasteiger partial charge on any atom is 0.106 e. The van der Waals surface area contributed by atoms with Gasteiger partial charge in [-0.2, -0.15) is 0 Å². The van der Waals surface area contributed by atoms with E-state index in [0.717, 1.165) is 11.3 Å². The molecule has 3 N–H and O–H groups in total. The van der Waals surface area contributed by atoms with E-state index in [2.05, 4.69) is 15.6 Å². The Hall–Kier alpha value is -0.480. The average Bonchev–Trinajstić information content (AvgIpc) is 2.30. The van der Waals surface area contributed by atoms with Crippen LogP contribution in [-0.4, -0.2) is 9.55 Å². The summed E-state index contributed by atoms with van der Waals surface area (Å²) in [7, 11) is 2.03. The summed E-state index contributed by atoms with van der Waals surface area (Å²) in [4.78, 5) is 4.38. The Morgan fingerprint density at radius 1 is 1.07 bits per heavy atom. The number of hydrogen-bond acceptors (Lipinski definition) is 2. The van der Waals surface area contributed by atoms with Crippen LogP contribution in [0.5, 0.6) is 0 Å². The third-order valence-electron chi connectivity index (χ3n) is 2.01. The molecule has 15 heavy (non-hydrogen) atoms. The summed E-state index contributed by atoms with van der Waals surface area (Å²) in [6.45, 7) is 2.01. The van der Waals surface area contributed by atoms with Gasteiger partial charge in [-0.25, -0.2) is 4.98 Å². The molecule has 0 unspecified atom stereocenters. The van der Waals surface area contributed by atoms with Crippen LogP contribution in [0.15, 0.2) is 24.3 Å². The topological polar surface area (TPSA) is 52.8 Å². The molecule has 0 amide bonds. The summed E-state index contributed by atoms with van der Waals surface area (Å²) in [5, 5.41) is 0. The summed E-state index contributed by atoms with van der Waals surface area (Å²) >= 11 is 0. The average molecular weight is 273 g/mol. The van der Waals surface area contributed by atoms with Gasteiger partial charge in [0.05, 0.1) is 11.0 Å². The zero-order valence-corrected chi connectivity index (χ0v) is 11.1. The van der Waals surface area contributed by atoms with Crippen molar-refractivity contribution in [3.8, 4) is 0 Å². The molecule has 0 bridgehead atoms. The van der Waals surface area contributed by atoms with Crippen LogP contribution in [0.25, 0.3) is 11.0 Å². The Morgan fingerprint density at radius 2 is 1.60 bits per heavy atom. The molecule has 3 nitrogen and oxygen atoms in total. The Balaban J connectivity index is -0.000000360. The molecule has 0 aliphatic carbocycles. The fourth-order valence-corrected chi connectivity index (χ4v) is 1.27. The van der Waals surface area contributed by atoms with Crippen LogP contribution in [0.1, 0.15) is 5.82 Å². The van der Waals surface area contributed by atoms with Crippen molar-refractivity contribution < 1.29 is 0 Å². The molecule has 0 aliphatic rings. The van der Waals surface area contributed by atoms with Crippen LogP contribution in [0, 0.1) is 6.92 Å². The minimum Gasteiger partial charge on any atom is -0.344 e. The number of benzene rings is 1. The fraction of sp³-hybridized carbons (Fsp3) is 0.222. The second-order valence-electron chi connectivity index (χ2n) is 2.71. The number of aryl methyl sites for hydroxylation is 2. The summed E-state index contributed by atoms with van der Waals surface area (Å²) < 4.78 is 2.09. The van der Waals surface area contributed by atoms with Crippen LogP contribution in [-0.2, 0) is 7.05 Å². The van der Waals surface area contributed by atoms with E-state index in [9.17, 15) is 0 Å². The van der Waals surface area contributed by atoms with Crippen molar-refractivity contribution in [2.24, 2.45) is 7.05 Å². The molecule has 2 rings (SSSR count). The Labute approximate surface area is 108 Å². The molecule has 0 saturated carbocycles. The number of fused-ring (bicyclic) bond motifs is 1. The van der Waals surface area contributed by atoms with Gasteiger partial charge in [-0.15, -0.1) is 37.2 Å². The molecule has 0 atom stereocenters. The lowest BCUT2D eigenvalue weighted by Gasteiger charge is -1.93.